The van der Waals surface area contributed by atoms with Gasteiger partial charge in [0.25, 0.3) is 0 Å². The van der Waals surface area contributed by atoms with Crippen molar-refractivity contribution in [2.45, 2.75) is 386 Å². The molecule has 0 aliphatic carbocycles. The number of unbranched alkanes of at least 4 members (excludes halogenated alkanes) is 49. The van der Waals surface area contributed by atoms with Crippen LogP contribution in [0.1, 0.15) is 373 Å². The van der Waals surface area contributed by atoms with Gasteiger partial charge in [0.05, 0.1) is 25.4 Å². The Morgan fingerprint density at radius 1 is 0.375 bits per heavy atom. The first-order chi connectivity index (χ1) is 35.5. The summed E-state index contributed by atoms with van der Waals surface area (Å²) in [6.07, 6.45) is 75.2. The van der Waals surface area contributed by atoms with Crippen molar-refractivity contribution >= 4 is 11.9 Å². The normalized spacial score (nSPS) is 12.6. The molecular weight excluding hydrogens is 887 g/mol. The number of hydrogen-bond acceptors (Lipinski definition) is 5. The number of hydrogen-bond donors (Lipinski definition) is 3. The number of esters is 1. The van der Waals surface area contributed by atoms with E-state index in [9.17, 15) is 19.8 Å². The summed E-state index contributed by atoms with van der Waals surface area (Å²) in [5, 5.41) is 23.4. The Bertz CT molecular complexity index is 1080. The van der Waals surface area contributed by atoms with E-state index in [2.05, 4.69) is 31.3 Å². The second-order valence-electron chi connectivity index (χ2n) is 22.8. The van der Waals surface area contributed by atoms with Gasteiger partial charge in [-0.3, -0.25) is 9.59 Å². The van der Waals surface area contributed by atoms with Gasteiger partial charge in [-0.15, -0.1) is 0 Å². The lowest BCUT2D eigenvalue weighted by Crippen LogP contribution is -2.45. The average molecular weight is 1020 g/mol. The molecule has 0 aromatic rings. The minimum absolute atomic E-state index is 0.00292. The average Bonchev–Trinajstić information content (AvgIpc) is 3.38. The zero-order chi connectivity index (χ0) is 52.2. The van der Waals surface area contributed by atoms with Gasteiger partial charge in [-0.05, 0) is 51.4 Å². The summed E-state index contributed by atoms with van der Waals surface area (Å²) in [5.74, 6) is -0.0286. The van der Waals surface area contributed by atoms with Crippen molar-refractivity contribution in [2.75, 3.05) is 13.2 Å². The molecule has 0 rings (SSSR count). The van der Waals surface area contributed by atoms with Crippen molar-refractivity contribution in [1.29, 1.82) is 0 Å². The lowest BCUT2D eigenvalue weighted by Gasteiger charge is -2.22. The summed E-state index contributed by atoms with van der Waals surface area (Å²) in [4.78, 5) is 24.6. The van der Waals surface area contributed by atoms with E-state index < -0.39 is 12.1 Å². The van der Waals surface area contributed by atoms with E-state index in [1.54, 1.807) is 0 Å². The number of amides is 1. The van der Waals surface area contributed by atoms with Crippen LogP contribution in [0.4, 0.5) is 0 Å². The molecule has 0 fully saturated rings. The van der Waals surface area contributed by atoms with Crippen LogP contribution >= 0.6 is 0 Å². The minimum atomic E-state index is -0.665. The molecule has 3 N–H and O–H groups in total. The molecule has 0 spiro atoms. The molecule has 0 aromatic heterocycles. The third kappa shape index (κ3) is 57.9. The predicted octanol–water partition coefficient (Wildman–Crippen LogP) is 20.8. The fourth-order valence-electron chi connectivity index (χ4n) is 10.5. The molecule has 0 radical (unpaired) electrons. The molecule has 2 unspecified atom stereocenters. The number of ether oxygens (including phenoxy) is 1. The molecule has 0 bridgehead atoms. The Kier molecular flexibility index (Phi) is 60.9. The van der Waals surface area contributed by atoms with Crippen LogP contribution in [0.2, 0.25) is 0 Å². The van der Waals surface area contributed by atoms with Gasteiger partial charge in [-0.25, -0.2) is 0 Å². The number of aliphatic hydroxyl groups is 2. The highest BCUT2D eigenvalue weighted by Crippen LogP contribution is 2.19. The highest BCUT2D eigenvalue weighted by atomic mass is 16.5. The summed E-state index contributed by atoms with van der Waals surface area (Å²) in [6.45, 7) is 4.96. The molecule has 0 aliphatic heterocycles. The molecule has 0 saturated carbocycles. The Morgan fingerprint density at radius 2 is 0.653 bits per heavy atom. The first kappa shape index (κ1) is 70.6. The number of carbonyl (C=O) groups is 2. The largest absolute Gasteiger partial charge is 0.466 e. The van der Waals surface area contributed by atoms with Crippen LogP contribution in [0.5, 0.6) is 0 Å². The van der Waals surface area contributed by atoms with E-state index in [4.69, 9.17) is 4.74 Å². The SMILES string of the molecule is CCCCC/C=C\CCCCCCCC(=O)OCCCCCCCCCCCCCCCCCCCCCCCC(=O)NC(CO)C(O)CCCCCCCCCCCCCCCCCCCCCCCC. The van der Waals surface area contributed by atoms with Crippen molar-refractivity contribution in [2.24, 2.45) is 0 Å². The fraction of sp³-hybridized carbons (Fsp3) is 0.939. The molecule has 6 heteroatoms. The molecule has 6 nitrogen and oxygen atoms in total. The van der Waals surface area contributed by atoms with E-state index >= 15 is 0 Å². The van der Waals surface area contributed by atoms with Crippen molar-refractivity contribution in [3.05, 3.63) is 12.2 Å². The van der Waals surface area contributed by atoms with Crippen molar-refractivity contribution < 1.29 is 24.5 Å². The van der Waals surface area contributed by atoms with E-state index in [0.717, 1.165) is 44.9 Å². The van der Waals surface area contributed by atoms with Crippen LogP contribution in [-0.4, -0.2) is 47.4 Å². The predicted molar refractivity (Wildman–Crippen MR) is 315 cm³/mol. The van der Waals surface area contributed by atoms with Gasteiger partial charge in [0, 0.05) is 12.8 Å². The van der Waals surface area contributed by atoms with Crippen molar-refractivity contribution in [3.63, 3.8) is 0 Å². The van der Waals surface area contributed by atoms with Crippen LogP contribution in [0.15, 0.2) is 12.2 Å². The maximum absolute atomic E-state index is 12.5. The Hall–Kier alpha value is -1.40. The molecule has 428 valence electrons. The monoisotopic (exact) mass is 1020 g/mol. The lowest BCUT2D eigenvalue weighted by molar-refractivity contribution is -0.143. The second-order valence-corrected chi connectivity index (χ2v) is 22.8. The van der Waals surface area contributed by atoms with Gasteiger partial charge in [-0.1, -0.05) is 321 Å². The summed E-state index contributed by atoms with van der Waals surface area (Å²) in [7, 11) is 0. The van der Waals surface area contributed by atoms with Crippen LogP contribution in [-0.2, 0) is 14.3 Å². The second kappa shape index (κ2) is 62.1. The van der Waals surface area contributed by atoms with Crippen LogP contribution in [0.3, 0.4) is 0 Å². The van der Waals surface area contributed by atoms with Crippen LogP contribution in [0, 0.1) is 0 Å². The van der Waals surface area contributed by atoms with Gasteiger partial charge in [-0.2, -0.15) is 0 Å². The first-order valence-electron chi connectivity index (χ1n) is 32.9. The van der Waals surface area contributed by atoms with Crippen LogP contribution in [0.25, 0.3) is 0 Å². The minimum Gasteiger partial charge on any atom is -0.466 e. The maximum Gasteiger partial charge on any atom is 0.305 e. The molecule has 72 heavy (non-hydrogen) atoms. The summed E-state index contributed by atoms with van der Waals surface area (Å²) >= 11 is 0. The van der Waals surface area contributed by atoms with Gasteiger partial charge < -0.3 is 20.3 Å². The Morgan fingerprint density at radius 3 is 1.01 bits per heavy atom. The van der Waals surface area contributed by atoms with Crippen molar-refractivity contribution in [1.82, 2.24) is 5.32 Å². The molecule has 2 atom stereocenters. The molecular formula is C66H129NO5. The van der Waals surface area contributed by atoms with E-state index in [1.165, 1.54) is 295 Å². The van der Waals surface area contributed by atoms with E-state index in [-0.39, 0.29) is 18.5 Å². The quantitative estimate of drug-likeness (QED) is 0.0320. The number of nitrogens with one attached hydrogen (secondary N) is 1. The number of aliphatic hydroxyl groups excluding tert-OH is 2. The lowest BCUT2D eigenvalue weighted by atomic mass is 10.0. The van der Waals surface area contributed by atoms with Gasteiger partial charge >= 0.3 is 5.97 Å². The van der Waals surface area contributed by atoms with Gasteiger partial charge in [0.1, 0.15) is 0 Å². The standard InChI is InChI=1S/C66H129NO5/c1-3-5-7-9-11-13-15-17-18-19-20-21-23-26-29-32-35-38-42-46-50-54-58-64(69)63(62-68)67-65(70)59-55-51-47-43-39-36-33-30-27-24-22-25-28-31-34-37-41-45-49-53-57-61-72-66(71)60-56-52-48-44-40-16-14-12-10-8-6-4-2/h12,14,63-64,68-69H,3-11,13,15-62H2,1-2H3,(H,67,70)/b14-12-. The number of allylic oxidation sites excluding steroid dienone is 2. The first-order valence-corrected chi connectivity index (χ1v) is 32.9. The smallest absolute Gasteiger partial charge is 0.305 e. The fourth-order valence-corrected chi connectivity index (χ4v) is 10.5. The Labute approximate surface area is 450 Å². The molecule has 0 heterocycles. The molecule has 0 saturated heterocycles. The van der Waals surface area contributed by atoms with Gasteiger partial charge in [0.2, 0.25) is 5.91 Å². The third-order valence-electron chi connectivity index (χ3n) is 15.6. The van der Waals surface area contributed by atoms with Crippen LogP contribution < -0.4 is 5.32 Å². The Balaban J connectivity index is 3.39. The topological polar surface area (TPSA) is 95.9 Å². The summed E-state index contributed by atoms with van der Waals surface area (Å²) in [6, 6.07) is -0.543. The molecule has 0 aromatic carbocycles. The van der Waals surface area contributed by atoms with E-state index in [1.807, 2.05) is 0 Å². The number of carbonyl (C=O) groups excluding carboxylic acids is 2. The summed E-state index contributed by atoms with van der Waals surface area (Å²) in [5.41, 5.74) is 0. The highest BCUT2D eigenvalue weighted by molar-refractivity contribution is 5.76. The molecule has 1 amide bonds. The van der Waals surface area contributed by atoms with Gasteiger partial charge in [0.15, 0.2) is 0 Å². The zero-order valence-corrected chi connectivity index (χ0v) is 48.9. The maximum atomic E-state index is 12.5. The van der Waals surface area contributed by atoms with E-state index in [0.29, 0.717) is 25.9 Å². The highest BCUT2D eigenvalue weighted by Gasteiger charge is 2.20. The zero-order valence-electron chi connectivity index (χ0n) is 48.9. The summed E-state index contributed by atoms with van der Waals surface area (Å²) < 4.78 is 5.47. The number of rotatable bonds is 62. The third-order valence-corrected chi connectivity index (χ3v) is 15.6. The molecule has 0 aliphatic rings. The van der Waals surface area contributed by atoms with Crippen molar-refractivity contribution in [3.8, 4) is 0 Å².